The Morgan fingerprint density at radius 2 is 2.00 bits per heavy atom. The van der Waals surface area contributed by atoms with E-state index >= 15 is 0 Å². The topological polar surface area (TPSA) is 17.1 Å². The molecule has 0 aromatic rings. The largest absolute Gasteiger partial charge is 0.303 e. The second-order valence-corrected chi connectivity index (χ2v) is 2.02. The molecule has 0 fully saturated rings. The van der Waals surface area contributed by atoms with Gasteiger partial charge in [-0.25, -0.2) is 0 Å². The van der Waals surface area contributed by atoms with Crippen molar-refractivity contribution in [2.45, 2.75) is 12.8 Å². The van der Waals surface area contributed by atoms with Gasteiger partial charge in [-0.15, -0.1) is 0 Å². The summed E-state index contributed by atoms with van der Waals surface area (Å²) < 4.78 is 0. The number of aldehydes is 1. The molecule has 0 spiro atoms. The summed E-state index contributed by atoms with van der Waals surface area (Å²) in [4.78, 5) is 9.72. The zero-order valence-electron chi connectivity index (χ0n) is 4.64. The summed E-state index contributed by atoms with van der Waals surface area (Å²) in [7, 11) is 0. The third-order valence-electron chi connectivity index (χ3n) is 0.707. The maximum atomic E-state index is 9.72. The van der Waals surface area contributed by atoms with Gasteiger partial charge in [0.2, 0.25) is 0 Å². The highest BCUT2D eigenvalue weighted by molar-refractivity contribution is 9.09. The maximum Gasteiger partial charge on any atom is 0.120 e. The molecule has 0 rings (SSSR count). The van der Waals surface area contributed by atoms with Crippen LogP contribution in [0.5, 0.6) is 0 Å². The van der Waals surface area contributed by atoms with Crippen molar-refractivity contribution in [1.82, 2.24) is 0 Å². The third-order valence-corrected chi connectivity index (χ3v) is 1.08. The third kappa shape index (κ3) is 5.89. The second-order valence-electron chi connectivity index (χ2n) is 1.37. The molecular formula is C6H9BrO. The highest BCUT2D eigenvalue weighted by atomic mass is 79.9. The Morgan fingerprint density at radius 3 is 2.50 bits per heavy atom. The minimum atomic E-state index is 0.642. The van der Waals surface area contributed by atoms with Gasteiger partial charge in [0.1, 0.15) is 6.29 Å². The van der Waals surface area contributed by atoms with E-state index in [1.54, 1.807) is 0 Å². The van der Waals surface area contributed by atoms with Gasteiger partial charge in [-0.2, -0.15) is 0 Å². The van der Waals surface area contributed by atoms with Crippen LogP contribution in [0.2, 0.25) is 0 Å². The van der Waals surface area contributed by atoms with Crippen LogP contribution < -0.4 is 0 Å². The normalized spacial score (nSPS) is 10.1. The summed E-state index contributed by atoms with van der Waals surface area (Å²) in [5.41, 5.74) is 0. The molecule has 0 saturated carbocycles. The van der Waals surface area contributed by atoms with E-state index in [4.69, 9.17) is 0 Å². The second kappa shape index (κ2) is 6.89. The highest BCUT2D eigenvalue weighted by Gasteiger charge is 1.74. The van der Waals surface area contributed by atoms with Gasteiger partial charge >= 0.3 is 0 Å². The molecule has 1 nitrogen and oxygen atoms in total. The molecule has 0 bridgehead atoms. The number of allylic oxidation sites excluding steroid dienone is 2. The van der Waals surface area contributed by atoms with E-state index in [9.17, 15) is 4.79 Å². The number of rotatable bonds is 4. The van der Waals surface area contributed by atoms with Gasteiger partial charge in [0.25, 0.3) is 0 Å². The molecule has 0 atom stereocenters. The molecule has 2 heteroatoms. The number of hydrogen-bond acceptors (Lipinski definition) is 1. The Labute approximate surface area is 57.9 Å². The molecule has 0 aliphatic heterocycles. The van der Waals surface area contributed by atoms with Crippen LogP contribution in [0, 0.1) is 0 Å². The van der Waals surface area contributed by atoms with E-state index in [1.165, 1.54) is 0 Å². The number of halogens is 1. The average Bonchev–Trinajstić information content (AvgIpc) is 1.81. The molecule has 0 aliphatic carbocycles. The van der Waals surface area contributed by atoms with E-state index in [2.05, 4.69) is 15.9 Å². The van der Waals surface area contributed by atoms with Crippen LogP contribution in [0.15, 0.2) is 12.2 Å². The first-order chi connectivity index (χ1) is 3.91. The Balaban J connectivity index is 2.90. The summed E-state index contributed by atoms with van der Waals surface area (Å²) in [6, 6.07) is 0. The van der Waals surface area contributed by atoms with E-state index in [-0.39, 0.29) is 0 Å². The summed E-state index contributed by atoms with van der Waals surface area (Å²) in [5, 5.41) is 0.881. The molecule has 8 heavy (non-hydrogen) atoms. The van der Waals surface area contributed by atoms with E-state index in [0.717, 1.165) is 18.0 Å². The van der Waals surface area contributed by atoms with E-state index in [0.29, 0.717) is 6.42 Å². The standard InChI is InChI=1S/C6H9BrO/c7-5-3-1-2-4-6-8/h1,3,6H,2,4-5H2/b3-1+. The Kier molecular flexibility index (Phi) is 6.80. The zero-order valence-corrected chi connectivity index (χ0v) is 6.23. The molecule has 46 valence electrons. The van der Waals surface area contributed by atoms with Crippen molar-refractivity contribution in [3.8, 4) is 0 Å². The Bertz CT molecular complexity index is 78.6. The monoisotopic (exact) mass is 176 g/mol. The summed E-state index contributed by atoms with van der Waals surface area (Å²) in [6.07, 6.45) is 6.42. The number of carbonyl (C=O) groups excluding carboxylic acids is 1. The van der Waals surface area contributed by atoms with E-state index < -0.39 is 0 Å². The maximum absolute atomic E-state index is 9.72. The molecular weight excluding hydrogens is 168 g/mol. The Hall–Kier alpha value is -0.110. The van der Waals surface area contributed by atoms with Crippen LogP contribution >= 0.6 is 15.9 Å². The predicted molar refractivity (Wildman–Crippen MR) is 38.2 cm³/mol. The fourth-order valence-corrected chi connectivity index (χ4v) is 0.609. The van der Waals surface area contributed by atoms with Gasteiger partial charge < -0.3 is 4.79 Å². The molecule has 0 aromatic carbocycles. The smallest absolute Gasteiger partial charge is 0.120 e. The van der Waals surface area contributed by atoms with Crippen LogP contribution in [0.4, 0.5) is 0 Å². The van der Waals surface area contributed by atoms with Crippen LogP contribution in [0.3, 0.4) is 0 Å². The molecule has 0 aromatic heterocycles. The predicted octanol–water partition coefficient (Wildman–Crippen LogP) is 1.92. The molecule has 0 aliphatic rings. The van der Waals surface area contributed by atoms with Crippen LogP contribution in [0.25, 0.3) is 0 Å². The van der Waals surface area contributed by atoms with Gasteiger partial charge in [-0.3, -0.25) is 0 Å². The van der Waals surface area contributed by atoms with Crippen LogP contribution in [0.1, 0.15) is 12.8 Å². The van der Waals surface area contributed by atoms with Crippen molar-refractivity contribution >= 4 is 22.2 Å². The Morgan fingerprint density at radius 1 is 1.25 bits per heavy atom. The number of carbonyl (C=O) groups is 1. The van der Waals surface area contributed by atoms with Crippen LogP contribution in [-0.4, -0.2) is 11.6 Å². The minimum Gasteiger partial charge on any atom is -0.303 e. The zero-order chi connectivity index (χ0) is 6.24. The minimum absolute atomic E-state index is 0.642. The average molecular weight is 177 g/mol. The van der Waals surface area contributed by atoms with Crippen LogP contribution in [-0.2, 0) is 4.79 Å². The van der Waals surface area contributed by atoms with Crippen molar-refractivity contribution in [2.24, 2.45) is 0 Å². The molecule has 0 amide bonds. The van der Waals surface area contributed by atoms with Crippen molar-refractivity contribution in [3.05, 3.63) is 12.2 Å². The van der Waals surface area contributed by atoms with Crippen molar-refractivity contribution in [2.75, 3.05) is 5.33 Å². The van der Waals surface area contributed by atoms with Gasteiger partial charge in [0, 0.05) is 11.8 Å². The van der Waals surface area contributed by atoms with Crippen molar-refractivity contribution in [3.63, 3.8) is 0 Å². The molecule has 0 heterocycles. The number of alkyl halides is 1. The first kappa shape index (κ1) is 7.89. The van der Waals surface area contributed by atoms with Gasteiger partial charge in [0.05, 0.1) is 0 Å². The fourth-order valence-electron chi connectivity index (χ4n) is 0.345. The lowest BCUT2D eigenvalue weighted by atomic mass is 10.3. The first-order valence-electron chi connectivity index (χ1n) is 2.56. The molecule has 0 radical (unpaired) electrons. The fraction of sp³-hybridized carbons (Fsp3) is 0.500. The lowest BCUT2D eigenvalue weighted by molar-refractivity contribution is -0.107. The lowest BCUT2D eigenvalue weighted by Gasteiger charge is -1.78. The van der Waals surface area contributed by atoms with Crippen molar-refractivity contribution < 1.29 is 4.79 Å². The number of hydrogen-bond donors (Lipinski definition) is 0. The highest BCUT2D eigenvalue weighted by Crippen LogP contribution is 1.88. The first-order valence-corrected chi connectivity index (χ1v) is 3.68. The lowest BCUT2D eigenvalue weighted by Crippen LogP contribution is -1.69. The quantitative estimate of drug-likeness (QED) is 0.277. The molecule has 0 saturated heterocycles. The number of unbranched alkanes of at least 4 members (excludes halogenated alkanes) is 1. The SMILES string of the molecule is O=CCC/C=C/CBr. The van der Waals surface area contributed by atoms with E-state index in [1.807, 2.05) is 12.2 Å². The van der Waals surface area contributed by atoms with Gasteiger partial charge in [-0.1, -0.05) is 28.1 Å². The molecule has 0 unspecified atom stereocenters. The summed E-state index contributed by atoms with van der Waals surface area (Å²) in [6.45, 7) is 0. The summed E-state index contributed by atoms with van der Waals surface area (Å²) >= 11 is 3.23. The van der Waals surface area contributed by atoms with Crippen molar-refractivity contribution in [1.29, 1.82) is 0 Å². The van der Waals surface area contributed by atoms with Gasteiger partial charge in [-0.05, 0) is 6.42 Å². The summed E-state index contributed by atoms with van der Waals surface area (Å²) in [5.74, 6) is 0. The van der Waals surface area contributed by atoms with Gasteiger partial charge in [0.15, 0.2) is 0 Å². The molecule has 0 N–H and O–H groups in total.